The molecule has 1 aromatic rings. The van der Waals surface area contributed by atoms with Crippen LogP contribution in [0.2, 0.25) is 0 Å². The van der Waals surface area contributed by atoms with E-state index < -0.39 is 35.7 Å². The van der Waals surface area contributed by atoms with Crippen molar-refractivity contribution < 1.29 is 23.9 Å². The van der Waals surface area contributed by atoms with E-state index in [-0.39, 0.29) is 0 Å². The molecule has 1 unspecified atom stereocenters. The summed E-state index contributed by atoms with van der Waals surface area (Å²) in [6.45, 7) is 5.02. The SMILES string of the molecule is COC(=O)C(N)[C@H](NC(=O)OC(C)(C)C)C(=O)Nc1ccccc1. The summed E-state index contributed by atoms with van der Waals surface area (Å²) in [4.78, 5) is 36.0. The van der Waals surface area contributed by atoms with Crippen LogP contribution in [0.15, 0.2) is 30.3 Å². The highest BCUT2D eigenvalue weighted by molar-refractivity contribution is 6.00. The first kappa shape index (κ1) is 19.4. The normalized spacial score (nSPS) is 13.4. The van der Waals surface area contributed by atoms with E-state index >= 15 is 0 Å². The second kappa shape index (κ2) is 8.30. The van der Waals surface area contributed by atoms with Gasteiger partial charge in [-0.1, -0.05) is 18.2 Å². The Morgan fingerprint density at radius 2 is 1.71 bits per heavy atom. The van der Waals surface area contributed by atoms with Crippen LogP contribution in [0.25, 0.3) is 0 Å². The van der Waals surface area contributed by atoms with Crippen LogP contribution in [0.1, 0.15) is 20.8 Å². The molecule has 8 nitrogen and oxygen atoms in total. The monoisotopic (exact) mass is 337 g/mol. The summed E-state index contributed by atoms with van der Waals surface area (Å²) in [5.41, 5.74) is 5.46. The van der Waals surface area contributed by atoms with Crippen LogP contribution in [0.4, 0.5) is 10.5 Å². The van der Waals surface area contributed by atoms with E-state index in [1.54, 1.807) is 51.1 Å². The highest BCUT2D eigenvalue weighted by atomic mass is 16.6. The van der Waals surface area contributed by atoms with Crippen LogP contribution >= 0.6 is 0 Å². The van der Waals surface area contributed by atoms with Gasteiger partial charge in [0.1, 0.15) is 17.7 Å². The Morgan fingerprint density at radius 3 is 2.21 bits per heavy atom. The number of carbonyl (C=O) groups excluding carboxylic acids is 3. The van der Waals surface area contributed by atoms with Crippen molar-refractivity contribution in [2.75, 3.05) is 12.4 Å². The lowest BCUT2D eigenvalue weighted by atomic mass is 10.1. The van der Waals surface area contributed by atoms with Gasteiger partial charge in [-0.2, -0.15) is 0 Å². The topological polar surface area (TPSA) is 120 Å². The maximum atomic E-state index is 12.4. The van der Waals surface area contributed by atoms with Crippen molar-refractivity contribution in [3.63, 3.8) is 0 Å². The van der Waals surface area contributed by atoms with Crippen molar-refractivity contribution in [1.82, 2.24) is 5.32 Å². The van der Waals surface area contributed by atoms with Gasteiger partial charge >= 0.3 is 12.1 Å². The molecule has 0 heterocycles. The number of nitrogens with one attached hydrogen (secondary N) is 2. The molecule has 0 bridgehead atoms. The van der Waals surface area contributed by atoms with Gasteiger partial charge < -0.3 is 25.8 Å². The highest BCUT2D eigenvalue weighted by Crippen LogP contribution is 2.09. The van der Waals surface area contributed by atoms with Crippen molar-refractivity contribution in [3.05, 3.63) is 30.3 Å². The Balaban J connectivity index is 2.90. The fourth-order valence-corrected chi connectivity index (χ4v) is 1.77. The number of nitrogens with two attached hydrogens (primary N) is 1. The van der Waals surface area contributed by atoms with Crippen LogP contribution < -0.4 is 16.4 Å². The lowest BCUT2D eigenvalue weighted by Crippen LogP contribution is -2.58. The fourth-order valence-electron chi connectivity index (χ4n) is 1.77. The maximum absolute atomic E-state index is 12.4. The summed E-state index contributed by atoms with van der Waals surface area (Å²) in [6, 6.07) is 5.82. The highest BCUT2D eigenvalue weighted by Gasteiger charge is 2.34. The molecule has 0 aliphatic rings. The number of esters is 1. The van der Waals surface area contributed by atoms with Crippen molar-refractivity contribution in [3.8, 4) is 0 Å². The number of methoxy groups -OCH3 is 1. The average Bonchev–Trinajstić information content (AvgIpc) is 2.50. The van der Waals surface area contributed by atoms with Gasteiger partial charge in [-0.3, -0.25) is 9.59 Å². The number of hydrogen-bond acceptors (Lipinski definition) is 6. The molecular formula is C16H23N3O5. The zero-order valence-corrected chi connectivity index (χ0v) is 14.2. The third-order valence-electron chi connectivity index (χ3n) is 2.83. The Labute approximate surface area is 140 Å². The van der Waals surface area contributed by atoms with Crippen molar-refractivity contribution >= 4 is 23.7 Å². The Morgan fingerprint density at radius 1 is 1.12 bits per heavy atom. The number of alkyl carbamates (subject to hydrolysis) is 1. The number of hydrogen-bond donors (Lipinski definition) is 3. The molecule has 1 rings (SSSR count). The molecule has 0 radical (unpaired) electrons. The molecule has 0 aromatic heterocycles. The molecular weight excluding hydrogens is 314 g/mol. The number of benzene rings is 1. The van der Waals surface area contributed by atoms with Gasteiger partial charge in [-0.25, -0.2) is 4.79 Å². The molecule has 24 heavy (non-hydrogen) atoms. The zero-order chi connectivity index (χ0) is 18.3. The van der Waals surface area contributed by atoms with Crippen LogP contribution in [-0.4, -0.2) is 42.8 Å². The first-order valence-corrected chi connectivity index (χ1v) is 7.33. The molecule has 0 saturated heterocycles. The third-order valence-corrected chi connectivity index (χ3v) is 2.83. The Kier molecular flexibility index (Phi) is 6.72. The summed E-state index contributed by atoms with van der Waals surface area (Å²) < 4.78 is 9.63. The maximum Gasteiger partial charge on any atom is 0.408 e. The van der Waals surface area contributed by atoms with Gasteiger partial charge in [0.15, 0.2) is 0 Å². The lowest BCUT2D eigenvalue weighted by Gasteiger charge is -2.25. The van der Waals surface area contributed by atoms with E-state index in [9.17, 15) is 14.4 Å². The molecule has 0 saturated carbocycles. The van der Waals surface area contributed by atoms with Gasteiger partial charge in [-0.15, -0.1) is 0 Å². The summed E-state index contributed by atoms with van der Waals surface area (Å²) in [6.07, 6.45) is -0.866. The molecule has 132 valence electrons. The van der Waals surface area contributed by atoms with E-state index in [1.165, 1.54) is 0 Å². The van der Waals surface area contributed by atoms with Gasteiger partial charge in [0.25, 0.3) is 0 Å². The number of anilines is 1. The number of carbonyl (C=O) groups is 3. The second-order valence-corrected chi connectivity index (χ2v) is 6.03. The van der Waals surface area contributed by atoms with Crippen LogP contribution in [-0.2, 0) is 19.1 Å². The van der Waals surface area contributed by atoms with E-state index in [4.69, 9.17) is 10.5 Å². The quantitative estimate of drug-likeness (QED) is 0.690. The first-order chi connectivity index (χ1) is 11.1. The van der Waals surface area contributed by atoms with Crippen LogP contribution in [0.5, 0.6) is 0 Å². The van der Waals surface area contributed by atoms with Gasteiger partial charge in [0.2, 0.25) is 5.91 Å². The average molecular weight is 337 g/mol. The second-order valence-electron chi connectivity index (χ2n) is 6.03. The summed E-state index contributed by atoms with van der Waals surface area (Å²) in [5, 5.41) is 4.88. The first-order valence-electron chi connectivity index (χ1n) is 7.33. The number of rotatable bonds is 5. The molecule has 4 N–H and O–H groups in total. The predicted octanol–water partition coefficient (Wildman–Crippen LogP) is 1.02. The van der Waals surface area contributed by atoms with E-state index in [0.29, 0.717) is 5.69 Å². The van der Waals surface area contributed by atoms with E-state index in [0.717, 1.165) is 7.11 Å². The van der Waals surface area contributed by atoms with E-state index in [2.05, 4.69) is 15.4 Å². The minimum absolute atomic E-state index is 0.496. The van der Waals surface area contributed by atoms with E-state index in [1.807, 2.05) is 0 Å². The minimum atomic E-state index is -1.38. The van der Waals surface area contributed by atoms with Gasteiger partial charge in [0, 0.05) is 5.69 Å². The third kappa shape index (κ3) is 6.25. The number of amides is 2. The molecule has 8 heteroatoms. The van der Waals surface area contributed by atoms with Gasteiger partial charge in [0.05, 0.1) is 7.11 Å². The standard InChI is InChI=1S/C16H23N3O5/c1-16(2,3)24-15(22)19-12(11(17)14(21)23-4)13(20)18-10-8-6-5-7-9-10/h5-9,11-12H,17H2,1-4H3,(H,18,20)(H,19,22)/t11?,12-/m0/s1. The van der Waals surface area contributed by atoms with Crippen molar-refractivity contribution in [1.29, 1.82) is 0 Å². The van der Waals surface area contributed by atoms with Crippen LogP contribution in [0.3, 0.4) is 0 Å². The largest absolute Gasteiger partial charge is 0.468 e. The molecule has 2 atom stereocenters. The van der Waals surface area contributed by atoms with Crippen LogP contribution in [0, 0.1) is 0 Å². The van der Waals surface area contributed by atoms with Crippen molar-refractivity contribution in [2.24, 2.45) is 5.73 Å². The van der Waals surface area contributed by atoms with Gasteiger partial charge in [-0.05, 0) is 32.9 Å². The summed E-state index contributed by atoms with van der Waals surface area (Å²) in [5.74, 6) is -1.50. The molecule has 0 aliphatic carbocycles. The molecule has 0 aliphatic heterocycles. The Hall–Kier alpha value is -2.61. The smallest absolute Gasteiger partial charge is 0.408 e. The molecule has 1 aromatic carbocycles. The summed E-state index contributed by atoms with van der Waals surface area (Å²) in [7, 11) is 1.14. The lowest BCUT2D eigenvalue weighted by molar-refractivity contribution is -0.144. The molecule has 0 fully saturated rings. The zero-order valence-electron chi connectivity index (χ0n) is 14.2. The van der Waals surface area contributed by atoms with Crippen molar-refractivity contribution in [2.45, 2.75) is 38.5 Å². The predicted molar refractivity (Wildman–Crippen MR) is 88.2 cm³/mol. The summed E-state index contributed by atoms with van der Waals surface area (Å²) >= 11 is 0. The molecule has 2 amide bonds. The molecule has 0 spiro atoms. The Bertz CT molecular complexity index is 583. The number of ether oxygens (including phenoxy) is 2. The minimum Gasteiger partial charge on any atom is -0.468 e. The number of para-hydroxylation sites is 1. The fraction of sp³-hybridized carbons (Fsp3) is 0.438.